The van der Waals surface area contributed by atoms with E-state index in [1.54, 1.807) is 0 Å². The molecule has 0 saturated carbocycles. The molecule has 72 valence electrons. The average Bonchev–Trinajstić information content (AvgIpc) is 2.17. The van der Waals surface area contributed by atoms with Gasteiger partial charge < -0.3 is 16.2 Å². The summed E-state index contributed by atoms with van der Waals surface area (Å²) in [6.45, 7) is 2.15. The van der Waals surface area contributed by atoms with Crippen LogP contribution in [-0.2, 0) is 0 Å². The van der Waals surface area contributed by atoms with E-state index >= 15 is 0 Å². The van der Waals surface area contributed by atoms with E-state index in [0.717, 1.165) is 17.8 Å². The summed E-state index contributed by atoms with van der Waals surface area (Å²) in [4.78, 5) is 0. The van der Waals surface area contributed by atoms with Gasteiger partial charge >= 0.3 is 0 Å². The molecule has 0 bridgehead atoms. The molecule has 0 saturated heterocycles. The molecule has 4 N–H and O–H groups in total. The molecule has 1 aromatic carbocycles. The number of aliphatic hydroxyl groups excluding tert-OH is 1. The van der Waals surface area contributed by atoms with Crippen LogP contribution in [0.15, 0.2) is 24.3 Å². The third kappa shape index (κ3) is 2.63. The van der Waals surface area contributed by atoms with Crippen molar-refractivity contribution < 1.29 is 5.11 Å². The number of anilines is 2. The molecule has 0 fully saturated rings. The van der Waals surface area contributed by atoms with Crippen LogP contribution in [0.4, 0.5) is 11.4 Å². The first-order valence-electron chi connectivity index (χ1n) is 4.49. The van der Waals surface area contributed by atoms with E-state index in [1.807, 2.05) is 31.2 Å². The van der Waals surface area contributed by atoms with Crippen molar-refractivity contribution in [2.45, 2.75) is 19.4 Å². The quantitative estimate of drug-likeness (QED) is 0.615. The Morgan fingerprint density at radius 2 is 2.15 bits per heavy atom. The topological polar surface area (TPSA) is 58.3 Å². The number of benzene rings is 1. The van der Waals surface area contributed by atoms with E-state index in [0.29, 0.717) is 0 Å². The Bertz CT molecular complexity index is 259. The summed E-state index contributed by atoms with van der Waals surface area (Å²) in [6.07, 6.45) is 0.880. The Labute approximate surface area is 78.6 Å². The second kappa shape index (κ2) is 4.72. The van der Waals surface area contributed by atoms with Gasteiger partial charge in [-0.05, 0) is 18.6 Å². The lowest BCUT2D eigenvalue weighted by Gasteiger charge is -2.16. The van der Waals surface area contributed by atoms with Crippen LogP contribution in [0, 0.1) is 0 Å². The predicted octanol–water partition coefficient (Wildman–Crippen LogP) is 1.45. The number of para-hydroxylation sites is 2. The number of rotatable bonds is 4. The molecule has 0 aromatic heterocycles. The van der Waals surface area contributed by atoms with Gasteiger partial charge in [0, 0.05) is 6.04 Å². The molecule has 0 aliphatic carbocycles. The SMILES string of the molecule is CCC(CO)Nc1ccccc1N. The fourth-order valence-electron chi connectivity index (χ4n) is 1.13. The van der Waals surface area contributed by atoms with Gasteiger partial charge in [-0.2, -0.15) is 0 Å². The van der Waals surface area contributed by atoms with Crippen LogP contribution in [0.3, 0.4) is 0 Å². The molecule has 1 rings (SSSR count). The van der Waals surface area contributed by atoms with Crippen molar-refractivity contribution in [2.75, 3.05) is 17.7 Å². The molecule has 3 nitrogen and oxygen atoms in total. The van der Waals surface area contributed by atoms with Crippen molar-refractivity contribution in [3.63, 3.8) is 0 Å². The Kier molecular flexibility index (Phi) is 3.58. The minimum absolute atomic E-state index is 0.0877. The van der Waals surface area contributed by atoms with E-state index in [4.69, 9.17) is 10.8 Å². The van der Waals surface area contributed by atoms with Gasteiger partial charge in [0.25, 0.3) is 0 Å². The summed E-state index contributed by atoms with van der Waals surface area (Å²) in [5.41, 5.74) is 7.34. The van der Waals surface area contributed by atoms with E-state index in [2.05, 4.69) is 5.32 Å². The highest BCUT2D eigenvalue weighted by atomic mass is 16.3. The second-order valence-electron chi connectivity index (χ2n) is 3.02. The highest BCUT2D eigenvalue weighted by molar-refractivity contribution is 5.65. The number of nitrogens with one attached hydrogen (secondary N) is 1. The first-order valence-corrected chi connectivity index (χ1v) is 4.49. The van der Waals surface area contributed by atoms with Gasteiger partial charge in [-0.25, -0.2) is 0 Å². The summed E-state index contributed by atoms with van der Waals surface area (Å²) in [5, 5.41) is 12.1. The minimum Gasteiger partial charge on any atom is -0.397 e. The summed E-state index contributed by atoms with van der Waals surface area (Å²) in [6, 6.07) is 7.65. The molecular weight excluding hydrogens is 164 g/mol. The molecule has 3 heteroatoms. The van der Waals surface area contributed by atoms with Crippen LogP contribution in [0.1, 0.15) is 13.3 Å². The lowest BCUT2D eigenvalue weighted by Crippen LogP contribution is -2.23. The van der Waals surface area contributed by atoms with Crippen LogP contribution in [-0.4, -0.2) is 17.8 Å². The van der Waals surface area contributed by atoms with Crippen molar-refractivity contribution in [3.8, 4) is 0 Å². The molecule has 13 heavy (non-hydrogen) atoms. The van der Waals surface area contributed by atoms with E-state index < -0.39 is 0 Å². The number of nitrogens with two attached hydrogens (primary N) is 1. The maximum absolute atomic E-state index is 8.97. The van der Waals surface area contributed by atoms with Gasteiger partial charge in [0.15, 0.2) is 0 Å². The van der Waals surface area contributed by atoms with Crippen LogP contribution < -0.4 is 11.1 Å². The molecule has 1 unspecified atom stereocenters. The number of nitrogen functional groups attached to an aromatic ring is 1. The lowest BCUT2D eigenvalue weighted by atomic mass is 10.2. The predicted molar refractivity (Wildman–Crippen MR) is 55.6 cm³/mol. The van der Waals surface area contributed by atoms with Gasteiger partial charge in [0.1, 0.15) is 0 Å². The summed E-state index contributed by atoms with van der Waals surface area (Å²) in [5.74, 6) is 0. The van der Waals surface area contributed by atoms with Crippen molar-refractivity contribution in [1.82, 2.24) is 0 Å². The summed E-state index contributed by atoms with van der Waals surface area (Å²) >= 11 is 0. The smallest absolute Gasteiger partial charge is 0.0632 e. The normalized spacial score (nSPS) is 12.5. The number of hydrogen-bond donors (Lipinski definition) is 3. The number of aliphatic hydroxyl groups is 1. The average molecular weight is 180 g/mol. The Morgan fingerprint density at radius 3 is 2.69 bits per heavy atom. The standard InChI is InChI=1S/C10H16N2O/c1-2-8(7-13)12-10-6-4-3-5-9(10)11/h3-6,8,12-13H,2,7,11H2,1H3. The van der Waals surface area contributed by atoms with Crippen molar-refractivity contribution in [2.24, 2.45) is 0 Å². The van der Waals surface area contributed by atoms with Crippen molar-refractivity contribution in [1.29, 1.82) is 0 Å². The zero-order valence-corrected chi connectivity index (χ0v) is 7.83. The van der Waals surface area contributed by atoms with Gasteiger partial charge in [-0.15, -0.1) is 0 Å². The van der Waals surface area contributed by atoms with Gasteiger partial charge in [-0.3, -0.25) is 0 Å². The van der Waals surface area contributed by atoms with Gasteiger partial charge in [0.05, 0.1) is 18.0 Å². The molecule has 0 aliphatic rings. The largest absolute Gasteiger partial charge is 0.397 e. The Hall–Kier alpha value is -1.22. The maximum atomic E-state index is 8.97. The Balaban J connectivity index is 2.67. The van der Waals surface area contributed by atoms with Gasteiger partial charge in [0.2, 0.25) is 0 Å². The number of hydrogen-bond acceptors (Lipinski definition) is 3. The fourth-order valence-corrected chi connectivity index (χ4v) is 1.13. The molecule has 0 spiro atoms. The van der Waals surface area contributed by atoms with Crippen LogP contribution in [0.25, 0.3) is 0 Å². The minimum atomic E-state index is 0.0877. The Morgan fingerprint density at radius 1 is 1.46 bits per heavy atom. The van der Waals surface area contributed by atoms with E-state index in [9.17, 15) is 0 Å². The lowest BCUT2D eigenvalue weighted by molar-refractivity contribution is 0.272. The van der Waals surface area contributed by atoms with Crippen LogP contribution in [0.2, 0.25) is 0 Å². The fraction of sp³-hybridized carbons (Fsp3) is 0.400. The zero-order chi connectivity index (χ0) is 9.68. The third-order valence-electron chi connectivity index (χ3n) is 2.03. The molecule has 1 aromatic rings. The van der Waals surface area contributed by atoms with Crippen molar-refractivity contribution >= 4 is 11.4 Å². The van der Waals surface area contributed by atoms with E-state index in [-0.39, 0.29) is 12.6 Å². The highest BCUT2D eigenvalue weighted by Gasteiger charge is 2.04. The zero-order valence-electron chi connectivity index (χ0n) is 7.83. The van der Waals surface area contributed by atoms with Gasteiger partial charge in [-0.1, -0.05) is 19.1 Å². The second-order valence-corrected chi connectivity index (χ2v) is 3.02. The molecule has 1 atom stereocenters. The maximum Gasteiger partial charge on any atom is 0.0632 e. The first kappa shape index (κ1) is 9.86. The first-order chi connectivity index (χ1) is 6.27. The van der Waals surface area contributed by atoms with E-state index in [1.165, 1.54) is 0 Å². The summed E-state index contributed by atoms with van der Waals surface area (Å²) in [7, 11) is 0. The molecular formula is C10H16N2O. The third-order valence-corrected chi connectivity index (χ3v) is 2.03. The summed E-state index contributed by atoms with van der Waals surface area (Å²) < 4.78 is 0. The molecule has 0 heterocycles. The molecule has 0 amide bonds. The van der Waals surface area contributed by atoms with Crippen LogP contribution >= 0.6 is 0 Å². The van der Waals surface area contributed by atoms with Crippen molar-refractivity contribution in [3.05, 3.63) is 24.3 Å². The molecule has 0 aliphatic heterocycles. The van der Waals surface area contributed by atoms with Crippen LogP contribution in [0.5, 0.6) is 0 Å². The molecule has 0 radical (unpaired) electrons. The monoisotopic (exact) mass is 180 g/mol. The highest BCUT2D eigenvalue weighted by Crippen LogP contribution is 2.18.